The maximum Gasteiger partial charge on any atom is 0.200 e. The van der Waals surface area contributed by atoms with Crippen LogP contribution in [0.25, 0.3) is 0 Å². The number of halogens is 1. The van der Waals surface area contributed by atoms with E-state index in [2.05, 4.69) is 82.3 Å². The van der Waals surface area contributed by atoms with Crippen molar-refractivity contribution in [1.82, 2.24) is 0 Å². The van der Waals surface area contributed by atoms with Gasteiger partial charge >= 0.3 is 0 Å². The average molecular weight is 291 g/mol. The number of hydrogen-bond donors (Lipinski definition) is 0. The molecule has 1 aromatic carbocycles. The van der Waals surface area contributed by atoms with Gasteiger partial charge in [-0.05, 0) is 16.6 Å². The van der Waals surface area contributed by atoms with E-state index in [1.54, 1.807) is 0 Å². The molecule has 0 fully saturated rings. The first-order valence-electron chi connectivity index (χ1n) is 6.99. The van der Waals surface area contributed by atoms with E-state index in [0.717, 1.165) is 6.04 Å². The minimum atomic E-state index is -2.15. The lowest BCUT2D eigenvalue weighted by Crippen LogP contribution is -2.56. The summed E-state index contributed by atoms with van der Waals surface area (Å²) in [5.74, 6) is 0. The standard InChI is InChI=1S/C17H23ClSi/c1-5-19(18,15-11-7-6-8-12-15)17(16(2,3)4)13-9-10-14-17/h6-14H,5H2,1-4H3. The van der Waals surface area contributed by atoms with Crippen LogP contribution in [0.4, 0.5) is 0 Å². The highest BCUT2D eigenvalue weighted by molar-refractivity contribution is 7.29. The van der Waals surface area contributed by atoms with Gasteiger partial charge in [0.25, 0.3) is 0 Å². The number of allylic oxidation sites excluding steroid dienone is 4. The van der Waals surface area contributed by atoms with Gasteiger partial charge in [0.15, 0.2) is 0 Å². The van der Waals surface area contributed by atoms with Crippen LogP contribution in [0.1, 0.15) is 27.7 Å². The van der Waals surface area contributed by atoms with Crippen molar-refractivity contribution in [2.75, 3.05) is 0 Å². The maximum absolute atomic E-state index is 7.33. The number of benzene rings is 1. The van der Waals surface area contributed by atoms with Crippen molar-refractivity contribution in [1.29, 1.82) is 0 Å². The molecule has 0 N–H and O–H groups in total. The first kappa shape index (κ1) is 14.6. The Balaban J connectivity index is 2.63. The molecule has 1 atom stereocenters. The Morgan fingerprint density at radius 2 is 1.58 bits per heavy atom. The molecule has 0 radical (unpaired) electrons. The second-order valence-electron chi connectivity index (χ2n) is 6.36. The largest absolute Gasteiger partial charge is 0.200 e. The molecule has 1 aromatic rings. The minimum absolute atomic E-state index is 0.0162. The fourth-order valence-corrected chi connectivity index (χ4v) is 8.97. The van der Waals surface area contributed by atoms with Crippen LogP contribution in [-0.2, 0) is 0 Å². The molecular weight excluding hydrogens is 268 g/mol. The number of rotatable bonds is 3. The summed E-state index contributed by atoms with van der Waals surface area (Å²) >= 11 is 7.33. The third-order valence-corrected chi connectivity index (χ3v) is 11.5. The molecule has 19 heavy (non-hydrogen) atoms. The Labute approximate surface area is 122 Å². The van der Waals surface area contributed by atoms with Gasteiger partial charge in [-0.1, -0.05) is 82.3 Å². The summed E-state index contributed by atoms with van der Waals surface area (Å²) in [6.07, 6.45) is 8.99. The van der Waals surface area contributed by atoms with Crippen LogP contribution in [0.2, 0.25) is 11.1 Å². The van der Waals surface area contributed by atoms with Gasteiger partial charge in [0, 0.05) is 5.04 Å². The van der Waals surface area contributed by atoms with E-state index in [1.165, 1.54) is 5.19 Å². The molecule has 0 bridgehead atoms. The van der Waals surface area contributed by atoms with Crippen molar-refractivity contribution in [2.24, 2.45) is 5.41 Å². The predicted molar refractivity (Wildman–Crippen MR) is 88.6 cm³/mol. The summed E-state index contributed by atoms with van der Waals surface area (Å²) in [5.41, 5.74) is 0.121. The Morgan fingerprint density at radius 3 is 2.00 bits per heavy atom. The van der Waals surface area contributed by atoms with Crippen molar-refractivity contribution >= 4 is 23.6 Å². The highest BCUT2D eigenvalue weighted by Crippen LogP contribution is 2.59. The summed E-state index contributed by atoms with van der Waals surface area (Å²) < 4.78 is 0. The summed E-state index contributed by atoms with van der Waals surface area (Å²) in [6.45, 7) is 9.14. The van der Waals surface area contributed by atoms with Crippen molar-refractivity contribution < 1.29 is 0 Å². The van der Waals surface area contributed by atoms with Gasteiger partial charge in [-0.15, -0.1) is 0 Å². The van der Waals surface area contributed by atoms with Crippen LogP contribution in [0.3, 0.4) is 0 Å². The van der Waals surface area contributed by atoms with Gasteiger partial charge in [0.1, 0.15) is 0 Å². The summed E-state index contributed by atoms with van der Waals surface area (Å²) in [7, 11) is -2.15. The van der Waals surface area contributed by atoms with Crippen LogP contribution in [0.5, 0.6) is 0 Å². The molecular formula is C17H23ClSi. The zero-order chi connectivity index (χ0) is 14.1. The molecule has 0 heterocycles. The quantitative estimate of drug-likeness (QED) is 0.542. The van der Waals surface area contributed by atoms with E-state index in [0.29, 0.717) is 0 Å². The highest BCUT2D eigenvalue weighted by Gasteiger charge is 2.56. The monoisotopic (exact) mass is 290 g/mol. The minimum Gasteiger partial charge on any atom is -0.160 e. The van der Waals surface area contributed by atoms with E-state index in [1.807, 2.05) is 0 Å². The van der Waals surface area contributed by atoms with Gasteiger partial charge in [-0.25, -0.2) is 0 Å². The molecule has 0 nitrogen and oxygen atoms in total. The Kier molecular flexibility index (Phi) is 3.81. The fraction of sp³-hybridized carbons (Fsp3) is 0.412. The van der Waals surface area contributed by atoms with Gasteiger partial charge in [0.05, 0.1) is 0 Å². The van der Waals surface area contributed by atoms with Gasteiger partial charge < -0.3 is 0 Å². The van der Waals surface area contributed by atoms with E-state index in [4.69, 9.17) is 11.1 Å². The molecule has 0 aromatic heterocycles. The van der Waals surface area contributed by atoms with E-state index in [9.17, 15) is 0 Å². The van der Waals surface area contributed by atoms with Crippen LogP contribution >= 0.6 is 11.1 Å². The molecule has 102 valence electrons. The topological polar surface area (TPSA) is 0 Å². The lowest BCUT2D eigenvalue weighted by molar-refractivity contribution is 0.353. The van der Waals surface area contributed by atoms with E-state index < -0.39 is 7.38 Å². The lowest BCUT2D eigenvalue weighted by Gasteiger charge is -2.49. The van der Waals surface area contributed by atoms with Crippen LogP contribution in [0, 0.1) is 5.41 Å². The second-order valence-corrected chi connectivity index (χ2v) is 12.0. The average Bonchev–Trinajstić information content (AvgIpc) is 2.89. The smallest absolute Gasteiger partial charge is 0.160 e. The van der Waals surface area contributed by atoms with E-state index >= 15 is 0 Å². The maximum atomic E-state index is 7.33. The summed E-state index contributed by atoms with van der Waals surface area (Å²) in [5, 5.41) is 1.32. The zero-order valence-corrected chi connectivity index (χ0v) is 14.0. The highest BCUT2D eigenvalue weighted by atomic mass is 35.6. The third-order valence-electron chi connectivity index (χ3n) is 4.44. The second kappa shape index (κ2) is 4.95. The SMILES string of the molecule is CC[Si](Cl)(c1ccccc1)C1(C(C)(C)C)C=CC=C1. The number of hydrogen-bond acceptors (Lipinski definition) is 0. The molecule has 1 unspecified atom stereocenters. The Morgan fingerprint density at radius 1 is 1.05 bits per heavy atom. The zero-order valence-electron chi connectivity index (χ0n) is 12.3. The van der Waals surface area contributed by atoms with Crippen LogP contribution in [-0.4, -0.2) is 7.38 Å². The predicted octanol–water partition coefficient (Wildman–Crippen LogP) is 5.01. The molecule has 0 spiro atoms. The lowest BCUT2D eigenvalue weighted by atomic mass is 9.80. The fourth-order valence-electron chi connectivity index (χ4n) is 3.27. The van der Waals surface area contributed by atoms with Gasteiger partial charge in [0.2, 0.25) is 7.38 Å². The molecule has 1 aliphatic carbocycles. The van der Waals surface area contributed by atoms with Crippen LogP contribution < -0.4 is 5.19 Å². The van der Waals surface area contributed by atoms with Gasteiger partial charge in [-0.3, -0.25) is 0 Å². The molecule has 0 amide bonds. The first-order valence-corrected chi connectivity index (χ1v) is 10.2. The molecule has 1 aliphatic rings. The Bertz CT molecular complexity index is 484. The van der Waals surface area contributed by atoms with Crippen molar-refractivity contribution in [3.63, 3.8) is 0 Å². The normalized spacial score (nSPS) is 20.5. The van der Waals surface area contributed by atoms with Gasteiger partial charge in [-0.2, -0.15) is 11.1 Å². The first-order chi connectivity index (χ1) is 8.87. The van der Waals surface area contributed by atoms with Crippen molar-refractivity contribution in [3.8, 4) is 0 Å². The summed E-state index contributed by atoms with van der Waals surface area (Å²) in [6, 6.07) is 11.7. The van der Waals surface area contributed by atoms with Crippen molar-refractivity contribution in [3.05, 3.63) is 54.6 Å². The molecule has 0 saturated heterocycles. The Hall–Kier alpha value is -0.793. The third kappa shape index (κ3) is 2.13. The molecule has 0 aliphatic heterocycles. The van der Waals surface area contributed by atoms with Crippen LogP contribution in [0.15, 0.2) is 54.6 Å². The van der Waals surface area contributed by atoms with Crippen molar-refractivity contribution in [2.45, 2.75) is 38.8 Å². The molecule has 2 heteroatoms. The molecule has 0 saturated carbocycles. The molecule has 2 rings (SSSR count). The van der Waals surface area contributed by atoms with E-state index in [-0.39, 0.29) is 10.5 Å². The summed E-state index contributed by atoms with van der Waals surface area (Å²) in [4.78, 5) is 0.